The zero-order valence-electron chi connectivity index (χ0n) is 14.6. The molecular weight excluding hydrogens is 606 g/mol. The first-order valence-electron chi connectivity index (χ1n) is 8.01. The predicted octanol–water partition coefficient (Wildman–Crippen LogP) is 5.38. The number of carboxylic acid groups (broad SMARTS) is 1. The molecule has 1 aromatic heterocycles. The molecule has 6 nitrogen and oxygen atoms in total. The van der Waals surface area contributed by atoms with E-state index < -0.39 is 5.97 Å². The topological polar surface area (TPSA) is 85.5 Å². The smallest absolute Gasteiger partial charge is 0.342 e. The monoisotopic (exact) mass is 620 g/mol. The van der Waals surface area contributed by atoms with Gasteiger partial charge < -0.3 is 14.3 Å². The summed E-state index contributed by atoms with van der Waals surface area (Å²) in [6.45, 7) is 2.12. The molecule has 3 aromatic rings. The van der Waals surface area contributed by atoms with Gasteiger partial charge >= 0.3 is 5.97 Å². The highest BCUT2D eigenvalue weighted by molar-refractivity contribution is 14.1. The minimum absolute atomic E-state index is 0.0909. The Morgan fingerprint density at radius 3 is 2.46 bits per heavy atom. The van der Waals surface area contributed by atoms with Crippen molar-refractivity contribution in [2.24, 2.45) is 0 Å². The zero-order valence-corrected chi connectivity index (χ0v) is 19.7. The van der Waals surface area contributed by atoms with Crippen LogP contribution < -0.4 is 4.74 Å². The molecule has 144 valence electrons. The maximum absolute atomic E-state index is 11.6. The molecule has 0 unspecified atom stereocenters. The number of carbonyl (C=O) groups is 1. The Bertz CT molecular complexity index is 999. The summed E-state index contributed by atoms with van der Waals surface area (Å²) in [7, 11) is 0. The number of halogens is 2. The molecule has 9 heteroatoms. The summed E-state index contributed by atoms with van der Waals surface area (Å²) in [5, 5.41) is 17.2. The number of carboxylic acids is 1. The molecule has 0 bridgehead atoms. The number of hydrogen-bond donors (Lipinski definition) is 1. The summed E-state index contributed by atoms with van der Waals surface area (Å²) in [5.41, 5.74) is 1.83. The van der Waals surface area contributed by atoms with E-state index in [4.69, 9.17) is 9.15 Å². The van der Waals surface area contributed by atoms with Crippen molar-refractivity contribution < 1.29 is 19.1 Å². The van der Waals surface area contributed by atoms with Crippen LogP contribution in [0.1, 0.15) is 17.0 Å². The first kappa shape index (κ1) is 21.1. The average molecular weight is 620 g/mol. The van der Waals surface area contributed by atoms with Crippen LogP contribution in [0.25, 0.3) is 6.08 Å². The van der Waals surface area contributed by atoms with Gasteiger partial charge in [-0.05, 0) is 86.3 Å². The standard InChI is InChI=1S/C19H14I2N2O4S/c1-11-22-23-19(27-11)28-16(18(24)25)9-13-7-14(20)17(15(21)8-13)26-10-12-5-3-2-4-6-12/h2-9H,10H2,1H3,(H,24,25)/b16-9-. The van der Waals surface area contributed by atoms with Crippen LogP contribution in [0.15, 0.2) is 57.0 Å². The van der Waals surface area contributed by atoms with Crippen molar-refractivity contribution in [3.05, 3.63) is 71.5 Å². The minimum Gasteiger partial charge on any atom is -0.487 e. The lowest BCUT2D eigenvalue weighted by Gasteiger charge is -2.12. The van der Waals surface area contributed by atoms with Crippen LogP contribution in [-0.4, -0.2) is 21.3 Å². The number of rotatable bonds is 7. The number of aryl methyl sites for hydroxylation is 1. The fourth-order valence-electron chi connectivity index (χ4n) is 2.23. The quantitative estimate of drug-likeness (QED) is 0.216. The summed E-state index contributed by atoms with van der Waals surface area (Å²) >= 11 is 5.30. The SMILES string of the molecule is Cc1nnc(S/C(=C\c2cc(I)c(OCc3ccccc3)c(I)c2)C(=O)O)o1. The van der Waals surface area contributed by atoms with E-state index in [0.29, 0.717) is 12.5 Å². The van der Waals surface area contributed by atoms with Crippen LogP contribution >= 0.6 is 56.9 Å². The van der Waals surface area contributed by atoms with Gasteiger partial charge in [-0.2, -0.15) is 0 Å². The number of aliphatic carboxylic acids is 1. The normalized spacial score (nSPS) is 11.5. The van der Waals surface area contributed by atoms with Gasteiger partial charge in [0.1, 0.15) is 17.3 Å². The molecule has 0 aliphatic heterocycles. The summed E-state index contributed by atoms with van der Waals surface area (Å²) in [4.78, 5) is 11.7. The molecule has 0 atom stereocenters. The van der Waals surface area contributed by atoms with Crippen molar-refractivity contribution in [1.29, 1.82) is 0 Å². The summed E-state index contributed by atoms with van der Waals surface area (Å²) in [6.07, 6.45) is 1.58. The number of aromatic nitrogens is 2. The Kier molecular flexibility index (Phi) is 7.35. The first-order valence-corrected chi connectivity index (χ1v) is 11.0. The molecule has 1 N–H and O–H groups in total. The maximum atomic E-state index is 11.6. The maximum Gasteiger partial charge on any atom is 0.342 e. The van der Waals surface area contributed by atoms with Gasteiger partial charge in [0.25, 0.3) is 5.22 Å². The number of ether oxygens (including phenoxy) is 1. The second kappa shape index (κ2) is 9.74. The summed E-state index contributed by atoms with van der Waals surface area (Å²) in [5.74, 6) is 0.103. The lowest BCUT2D eigenvalue weighted by Crippen LogP contribution is -2.00. The molecule has 0 amide bonds. The highest BCUT2D eigenvalue weighted by atomic mass is 127. The van der Waals surface area contributed by atoms with E-state index in [1.165, 1.54) is 0 Å². The van der Waals surface area contributed by atoms with Crippen molar-refractivity contribution in [3.63, 3.8) is 0 Å². The number of benzene rings is 2. The molecule has 0 aliphatic rings. The van der Waals surface area contributed by atoms with Crippen LogP contribution in [0, 0.1) is 14.1 Å². The van der Waals surface area contributed by atoms with E-state index in [0.717, 1.165) is 35.8 Å². The average Bonchev–Trinajstić information content (AvgIpc) is 3.06. The van der Waals surface area contributed by atoms with Crippen molar-refractivity contribution in [2.45, 2.75) is 18.8 Å². The minimum atomic E-state index is -1.06. The van der Waals surface area contributed by atoms with Crippen LogP contribution in [0.4, 0.5) is 0 Å². The Morgan fingerprint density at radius 1 is 1.21 bits per heavy atom. The fraction of sp³-hybridized carbons (Fsp3) is 0.105. The summed E-state index contributed by atoms with van der Waals surface area (Å²) in [6, 6.07) is 13.7. The third-order valence-corrected chi connectivity index (χ3v) is 5.91. The summed E-state index contributed by atoms with van der Waals surface area (Å²) < 4.78 is 13.0. The number of nitrogens with zero attached hydrogens (tertiary/aromatic N) is 2. The molecule has 0 spiro atoms. The molecule has 0 saturated carbocycles. The Labute approximate surface area is 193 Å². The Balaban J connectivity index is 1.81. The van der Waals surface area contributed by atoms with E-state index in [-0.39, 0.29) is 10.1 Å². The molecule has 3 rings (SSSR count). The van der Waals surface area contributed by atoms with E-state index in [2.05, 4.69) is 55.4 Å². The van der Waals surface area contributed by atoms with Crippen molar-refractivity contribution in [1.82, 2.24) is 10.2 Å². The molecule has 0 aliphatic carbocycles. The Morgan fingerprint density at radius 2 is 1.89 bits per heavy atom. The molecule has 0 fully saturated rings. The Hall–Kier alpha value is -1.60. The highest BCUT2D eigenvalue weighted by Gasteiger charge is 2.16. The number of thioether (sulfide) groups is 1. The third-order valence-electron chi connectivity index (χ3n) is 3.46. The van der Waals surface area contributed by atoms with Crippen LogP contribution in [-0.2, 0) is 11.4 Å². The van der Waals surface area contributed by atoms with Gasteiger partial charge in [0.15, 0.2) is 0 Å². The van der Waals surface area contributed by atoms with Crippen LogP contribution in [0.5, 0.6) is 5.75 Å². The van der Waals surface area contributed by atoms with Crippen molar-refractivity contribution in [3.8, 4) is 5.75 Å². The second-order valence-electron chi connectivity index (χ2n) is 5.59. The van der Waals surface area contributed by atoms with Gasteiger partial charge in [-0.3, -0.25) is 0 Å². The molecule has 0 saturated heterocycles. The number of hydrogen-bond acceptors (Lipinski definition) is 6. The van der Waals surface area contributed by atoms with Crippen molar-refractivity contribution >= 4 is 69.0 Å². The van der Waals surface area contributed by atoms with Gasteiger partial charge in [-0.25, -0.2) is 4.79 Å². The first-order chi connectivity index (χ1) is 13.4. The van der Waals surface area contributed by atoms with Crippen LogP contribution in [0.3, 0.4) is 0 Å². The van der Waals surface area contributed by atoms with E-state index >= 15 is 0 Å². The molecule has 0 radical (unpaired) electrons. The lowest BCUT2D eigenvalue weighted by atomic mass is 10.2. The fourth-order valence-corrected chi connectivity index (χ4v) is 5.07. The van der Waals surface area contributed by atoms with Gasteiger partial charge in [-0.15, -0.1) is 10.2 Å². The van der Waals surface area contributed by atoms with E-state index in [1.54, 1.807) is 13.0 Å². The van der Waals surface area contributed by atoms with Gasteiger partial charge in [-0.1, -0.05) is 30.3 Å². The van der Waals surface area contributed by atoms with Crippen LogP contribution in [0.2, 0.25) is 0 Å². The second-order valence-corrected chi connectivity index (χ2v) is 8.91. The highest BCUT2D eigenvalue weighted by Crippen LogP contribution is 2.32. The largest absolute Gasteiger partial charge is 0.487 e. The molecule has 2 aromatic carbocycles. The van der Waals surface area contributed by atoms with Gasteiger partial charge in [0.05, 0.1) is 7.14 Å². The third kappa shape index (κ3) is 5.70. The van der Waals surface area contributed by atoms with E-state index in [9.17, 15) is 9.90 Å². The lowest BCUT2D eigenvalue weighted by molar-refractivity contribution is -0.131. The predicted molar refractivity (Wildman–Crippen MR) is 123 cm³/mol. The van der Waals surface area contributed by atoms with Gasteiger partial charge in [0, 0.05) is 6.92 Å². The van der Waals surface area contributed by atoms with Gasteiger partial charge in [0.2, 0.25) is 5.89 Å². The van der Waals surface area contributed by atoms with Crippen molar-refractivity contribution in [2.75, 3.05) is 0 Å². The molecular formula is C19H14I2N2O4S. The zero-order chi connectivity index (χ0) is 20.1. The van der Waals surface area contributed by atoms with E-state index in [1.807, 2.05) is 42.5 Å². The molecule has 28 heavy (non-hydrogen) atoms. The molecule has 1 heterocycles.